The fourth-order valence-corrected chi connectivity index (χ4v) is 4.09. The molecule has 1 aromatic carbocycles. The smallest absolute Gasteiger partial charge is 0.192 e. The molecular weight excluding hydrogens is 288 g/mol. The van der Waals surface area contributed by atoms with Crippen molar-refractivity contribution < 1.29 is 9.53 Å². The van der Waals surface area contributed by atoms with Crippen LogP contribution in [0, 0.1) is 0 Å². The lowest BCUT2D eigenvalue weighted by Gasteiger charge is -2.44. The largest absolute Gasteiger partial charge is 0.413 e. The molecule has 1 unspecified atom stereocenters. The number of aliphatic hydroxyl groups excluding tert-OH is 1. The van der Waals surface area contributed by atoms with Crippen LogP contribution in [0.4, 0.5) is 0 Å². The Kier molecular flexibility index (Phi) is 6.43. The van der Waals surface area contributed by atoms with Crippen LogP contribution in [0.3, 0.4) is 0 Å². The SMILES string of the molecule is CC(O[Si](C)(C)C(C)(C)C)[C@@](C)(CCCO)c1ccccc1. The molecule has 0 aromatic heterocycles. The van der Waals surface area contributed by atoms with Gasteiger partial charge in [-0.1, -0.05) is 58.0 Å². The number of hydrogen-bond donors (Lipinski definition) is 1. The second kappa shape index (κ2) is 7.29. The van der Waals surface area contributed by atoms with E-state index in [2.05, 4.69) is 78.0 Å². The summed E-state index contributed by atoms with van der Waals surface area (Å²) in [7, 11) is -1.81. The van der Waals surface area contributed by atoms with Gasteiger partial charge in [0.15, 0.2) is 8.32 Å². The van der Waals surface area contributed by atoms with Crippen molar-refractivity contribution in [2.24, 2.45) is 0 Å². The Bertz CT molecular complexity index is 450. The third-order valence-electron chi connectivity index (χ3n) is 5.46. The molecule has 0 fully saturated rings. The van der Waals surface area contributed by atoms with Crippen molar-refractivity contribution in [1.82, 2.24) is 0 Å². The van der Waals surface area contributed by atoms with Gasteiger partial charge in [-0.25, -0.2) is 0 Å². The van der Waals surface area contributed by atoms with Crippen molar-refractivity contribution in [3.05, 3.63) is 35.9 Å². The molecule has 22 heavy (non-hydrogen) atoms. The maximum absolute atomic E-state index is 9.29. The molecule has 0 aliphatic heterocycles. The minimum Gasteiger partial charge on any atom is -0.413 e. The van der Waals surface area contributed by atoms with Crippen LogP contribution in [-0.4, -0.2) is 26.1 Å². The second-order valence-corrected chi connectivity index (χ2v) is 12.9. The summed E-state index contributed by atoms with van der Waals surface area (Å²) < 4.78 is 6.68. The Morgan fingerprint density at radius 1 is 1.09 bits per heavy atom. The Morgan fingerprint density at radius 3 is 2.09 bits per heavy atom. The van der Waals surface area contributed by atoms with Crippen molar-refractivity contribution in [2.45, 2.75) is 77.1 Å². The van der Waals surface area contributed by atoms with E-state index in [1.54, 1.807) is 0 Å². The van der Waals surface area contributed by atoms with Gasteiger partial charge in [0.25, 0.3) is 0 Å². The predicted octanol–water partition coefficient (Wildman–Crippen LogP) is 5.13. The van der Waals surface area contributed by atoms with Crippen molar-refractivity contribution in [3.8, 4) is 0 Å². The molecule has 0 bridgehead atoms. The maximum Gasteiger partial charge on any atom is 0.192 e. The molecule has 0 radical (unpaired) electrons. The summed E-state index contributed by atoms with van der Waals surface area (Å²) in [5.74, 6) is 0. The standard InChI is InChI=1S/C19H34O2Si/c1-16(21-22(6,7)18(2,3)4)19(5,14-11-15-20)17-12-9-8-10-13-17/h8-10,12-13,16,20H,11,14-15H2,1-7H3/t16?,19-/m1/s1. The van der Waals surface area contributed by atoms with Gasteiger partial charge in [-0.15, -0.1) is 0 Å². The fourth-order valence-electron chi connectivity index (χ4n) is 2.60. The monoisotopic (exact) mass is 322 g/mol. The molecule has 1 aromatic rings. The molecule has 0 aliphatic carbocycles. The van der Waals surface area contributed by atoms with Crippen molar-refractivity contribution in [3.63, 3.8) is 0 Å². The van der Waals surface area contributed by atoms with Crippen LogP contribution in [-0.2, 0) is 9.84 Å². The quantitative estimate of drug-likeness (QED) is 0.705. The zero-order chi connectivity index (χ0) is 17.0. The summed E-state index contributed by atoms with van der Waals surface area (Å²) in [5, 5.41) is 9.49. The van der Waals surface area contributed by atoms with E-state index in [9.17, 15) is 5.11 Å². The van der Waals surface area contributed by atoms with Gasteiger partial charge in [-0.3, -0.25) is 0 Å². The zero-order valence-electron chi connectivity index (χ0n) is 15.4. The van der Waals surface area contributed by atoms with Gasteiger partial charge in [-0.2, -0.15) is 0 Å². The molecular formula is C19H34O2Si. The first-order valence-corrected chi connectivity index (χ1v) is 11.3. The number of aliphatic hydroxyl groups is 1. The number of hydrogen-bond acceptors (Lipinski definition) is 2. The van der Waals surface area contributed by atoms with Crippen LogP contribution in [0.2, 0.25) is 18.1 Å². The molecule has 3 heteroatoms. The highest BCUT2D eigenvalue weighted by atomic mass is 28.4. The molecule has 1 N–H and O–H groups in total. The van der Waals surface area contributed by atoms with Gasteiger partial charge in [0, 0.05) is 12.0 Å². The second-order valence-electron chi connectivity index (χ2n) is 8.13. The number of benzene rings is 1. The molecule has 2 nitrogen and oxygen atoms in total. The Morgan fingerprint density at radius 2 is 1.64 bits per heavy atom. The maximum atomic E-state index is 9.29. The molecule has 1 rings (SSSR count). The molecule has 0 aliphatic rings. The predicted molar refractivity (Wildman–Crippen MR) is 97.9 cm³/mol. The molecule has 126 valence electrons. The van der Waals surface area contributed by atoms with Crippen molar-refractivity contribution in [1.29, 1.82) is 0 Å². The van der Waals surface area contributed by atoms with Crippen molar-refractivity contribution in [2.75, 3.05) is 6.61 Å². The van der Waals surface area contributed by atoms with Crippen LogP contribution in [0.1, 0.15) is 53.0 Å². The summed E-state index contributed by atoms with van der Waals surface area (Å²) in [6.07, 6.45) is 1.86. The molecule has 0 heterocycles. The normalized spacial score (nSPS) is 17.1. The van der Waals surface area contributed by atoms with E-state index in [-0.39, 0.29) is 23.2 Å². The minimum absolute atomic E-state index is 0.0699. The average Bonchev–Trinajstić information content (AvgIpc) is 2.44. The fraction of sp³-hybridized carbons (Fsp3) is 0.684. The van der Waals surface area contributed by atoms with E-state index in [0.29, 0.717) is 0 Å². The van der Waals surface area contributed by atoms with Gasteiger partial charge in [0.05, 0.1) is 6.10 Å². The topological polar surface area (TPSA) is 29.5 Å². The van der Waals surface area contributed by atoms with Gasteiger partial charge in [0.1, 0.15) is 0 Å². The molecule has 0 amide bonds. The Balaban J connectivity index is 3.07. The van der Waals surface area contributed by atoms with Gasteiger partial charge in [-0.05, 0) is 43.5 Å². The van der Waals surface area contributed by atoms with E-state index < -0.39 is 8.32 Å². The van der Waals surface area contributed by atoms with Crippen LogP contribution in [0.25, 0.3) is 0 Å². The van der Waals surface area contributed by atoms with E-state index in [1.807, 2.05) is 0 Å². The molecule has 0 spiro atoms. The Hall–Kier alpha value is -0.643. The summed E-state index contributed by atoms with van der Waals surface area (Å²) in [6.45, 7) is 16.1. The Labute approximate surface area is 138 Å². The first kappa shape index (κ1) is 19.4. The van der Waals surface area contributed by atoms with E-state index in [0.717, 1.165) is 12.8 Å². The summed E-state index contributed by atoms with van der Waals surface area (Å²) in [6, 6.07) is 10.6. The summed E-state index contributed by atoms with van der Waals surface area (Å²) in [5.41, 5.74) is 1.23. The lowest BCUT2D eigenvalue weighted by molar-refractivity contribution is 0.103. The summed E-state index contributed by atoms with van der Waals surface area (Å²) in [4.78, 5) is 0. The molecule has 2 atom stereocenters. The van der Waals surface area contributed by atoms with Crippen LogP contribution in [0.5, 0.6) is 0 Å². The number of rotatable bonds is 7. The van der Waals surface area contributed by atoms with Gasteiger partial charge < -0.3 is 9.53 Å². The van der Waals surface area contributed by atoms with Gasteiger partial charge in [0.2, 0.25) is 0 Å². The highest BCUT2D eigenvalue weighted by Gasteiger charge is 2.43. The van der Waals surface area contributed by atoms with E-state index >= 15 is 0 Å². The van der Waals surface area contributed by atoms with E-state index in [4.69, 9.17) is 4.43 Å². The lowest BCUT2D eigenvalue weighted by atomic mass is 9.74. The third-order valence-corrected chi connectivity index (χ3v) is 10.0. The van der Waals surface area contributed by atoms with Crippen LogP contribution in [0.15, 0.2) is 30.3 Å². The summed E-state index contributed by atoms with van der Waals surface area (Å²) >= 11 is 0. The zero-order valence-corrected chi connectivity index (χ0v) is 16.4. The van der Waals surface area contributed by atoms with Gasteiger partial charge >= 0.3 is 0 Å². The third kappa shape index (κ3) is 4.43. The molecule has 0 saturated heterocycles. The van der Waals surface area contributed by atoms with E-state index in [1.165, 1.54) is 5.56 Å². The van der Waals surface area contributed by atoms with Crippen LogP contribution >= 0.6 is 0 Å². The van der Waals surface area contributed by atoms with Crippen LogP contribution < -0.4 is 0 Å². The van der Waals surface area contributed by atoms with Crippen molar-refractivity contribution >= 4 is 8.32 Å². The average molecular weight is 323 g/mol. The minimum atomic E-state index is -1.81. The first-order valence-electron chi connectivity index (χ1n) is 8.39. The first-order chi connectivity index (χ1) is 10.0. The lowest BCUT2D eigenvalue weighted by Crippen LogP contribution is -2.49. The highest BCUT2D eigenvalue weighted by Crippen LogP contribution is 2.41. The molecule has 0 saturated carbocycles. The highest BCUT2D eigenvalue weighted by molar-refractivity contribution is 6.74.